The molecule has 0 fully saturated rings. The van der Waals surface area contributed by atoms with Crippen LogP contribution in [-0.4, -0.2) is 22.4 Å². The Hall–Kier alpha value is -3.59. The van der Waals surface area contributed by atoms with Gasteiger partial charge in [-0.05, 0) is 29.8 Å². The molecule has 6 heteroatoms. The fourth-order valence-corrected chi connectivity index (χ4v) is 3.21. The number of para-hydroxylation sites is 1. The zero-order valence-corrected chi connectivity index (χ0v) is 13.9. The molecule has 1 aliphatic heterocycles. The van der Waals surface area contributed by atoms with Gasteiger partial charge in [-0.15, -0.1) is 0 Å². The van der Waals surface area contributed by atoms with Crippen molar-refractivity contribution < 1.29 is 9.59 Å². The first-order valence-electron chi connectivity index (χ1n) is 8.31. The first-order valence-corrected chi connectivity index (χ1v) is 8.31. The summed E-state index contributed by atoms with van der Waals surface area (Å²) >= 11 is 0. The van der Waals surface area contributed by atoms with Crippen molar-refractivity contribution in [2.45, 2.75) is 19.1 Å². The van der Waals surface area contributed by atoms with Crippen molar-refractivity contribution in [1.29, 1.82) is 5.26 Å². The van der Waals surface area contributed by atoms with E-state index in [1.54, 1.807) is 24.3 Å². The van der Waals surface area contributed by atoms with Crippen molar-refractivity contribution in [2.24, 2.45) is 0 Å². The Labute approximate surface area is 150 Å². The molecule has 0 saturated heterocycles. The number of hydrogen-bond acceptors (Lipinski definition) is 3. The molecule has 2 amide bonds. The van der Waals surface area contributed by atoms with Gasteiger partial charge in [-0.25, -0.2) is 0 Å². The number of nitrogens with zero attached hydrogens (tertiary/aromatic N) is 2. The molecule has 0 aliphatic carbocycles. The van der Waals surface area contributed by atoms with Crippen molar-refractivity contribution in [3.05, 3.63) is 71.4 Å². The molecule has 2 N–H and O–H groups in total. The SMILES string of the molecule is N#Cc1ccc(CNC(=O)[C@@H]2Cn3c(cc4ccccc43)C(=O)N2)cc1. The normalized spacial score (nSPS) is 15.8. The first kappa shape index (κ1) is 15.9. The molecule has 1 atom stereocenters. The van der Waals surface area contributed by atoms with E-state index in [0.29, 0.717) is 24.3 Å². The Bertz CT molecular complexity index is 1040. The molecule has 26 heavy (non-hydrogen) atoms. The van der Waals surface area contributed by atoms with Crippen LogP contribution in [0, 0.1) is 11.3 Å². The van der Waals surface area contributed by atoms with Crippen LogP contribution in [0.25, 0.3) is 10.9 Å². The molecule has 2 aromatic carbocycles. The fourth-order valence-electron chi connectivity index (χ4n) is 3.21. The minimum Gasteiger partial charge on any atom is -0.350 e. The number of aromatic nitrogens is 1. The Kier molecular flexibility index (Phi) is 3.90. The van der Waals surface area contributed by atoms with E-state index in [-0.39, 0.29) is 11.8 Å². The minimum absolute atomic E-state index is 0.230. The maximum Gasteiger partial charge on any atom is 0.268 e. The summed E-state index contributed by atoms with van der Waals surface area (Å²) in [4.78, 5) is 24.9. The highest BCUT2D eigenvalue weighted by atomic mass is 16.2. The second-order valence-electron chi connectivity index (χ2n) is 6.25. The lowest BCUT2D eigenvalue weighted by Gasteiger charge is -2.25. The van der Waals surface area contributed by atoms with Crippen molar-refractivity contribution >= 4 is 22.7 Å². The van der Waals surface area contributed by atoms with Gasteiger partial charge in [0.15, 0.2) is 0 Å². The molecule has 3 aromatic rings. The summed E-state index contributed by atoms with van der Waals surface area (Å²) in [6, 6.07) is 18.0. The van der Waals surface area contributed by atoms with E-state index in [1.807, 2.05) is 34.9 Å². The number of amides is 2. The number of fused-ring (bicyclic) bond motifs is 3. The number of hydrogen-bond donors (Lipinski definition) is 2. The number of nitriles is 1. The van der Waals surface area contributed by atoms with Gasteiger partial charge in [-0.2, -0.15) is 5.26 Å². The van der Waals surface area contributed by atoms with Crippen LogP contribution in [0.5, 0.6) is 0 Å². The first-order chi connectivity index (χ1) is 12.7. The summed E-state index contributed by atoms with van der Waals surface area (Å²) in [5.74, 6) is -0.475. The lowest BCUT2D eigenvalue weighted by molar-refractivity contribution is -0.123. The van der Waals surface area contributed by atoms with Gasteiger partial charge in [-0.1, -0.05) is 30.3 Å². The second-order valence-corrected chi connectivity index (χ2v) is 6.25. The predicted molar refractivity (Wildman–Crippen MR) is 96.2 cm³/mol. The molecule has 0 unspecified atom stereocenters. The van der Waals surface area contributed by atoms with Crippen LogP contribution in [0.3, 0.4) is 0 Å². The van der Waals surface area contributed by atoms with Crippen molar-refractivity contribution in [2.75, 3.05) is 0 Å². The van der Waals surface area contributed by atoms with E-state index in [9.17, 15) is 9.59 Å². The number of carbonyl (C=O) groups is 2. The van der Waals surface area contributed by atoms with Gasteiger partial charge in [-0.3, -0.25) is 9.59 Å². The third kappa shape index (κ3) is 2.80. The molecule has 2 heterocycles. The predicted octanol–water partition coefficient (Wildman–Crippen LogP) is 1.94. The van der Waals surface area contributed by atoms with E-state index < -0.39 is 6.04 Å². The Morgan fingerprint density at radius 1 is 1.23 bits per heavy atom. The van der Waals surface area contributed by atoms with Crippen LogP contribution in [0.2, 0.25) is 0 Å². The van der Waals surface area contributed by atoms with Gasteiger partial charge in [0.25, 0.3) is 5.91 Å². The molecule has 1 aliphatic rings. The third-order valence-electron chi connectivity index (χ3n) is 4.58. The Morgan fingerprint density at radius 2 is 2.00 bits per heavy atom. The molecule has 1 aromatic heterocycles. The molecule has 0 radical (unpaired) electrons. The van der Waals surface area contributed by atoms with E-state index in [0.717, 1.165) is 16.5 Å². The molecule has 0 saturated carbocycles. The maximum atomic E-state index is 12.5. The van der Waals surface area contributed by atoms with Gasteiger partial charge in [0.2, 0.25) is 5.91 Å². The zero-order valence-electron chi connectivity index (χ0n) is 13.9. The van der Waals surface area contributed by atoms with E-state index in [4.69, 9.17) is 5.26 Å². The molecule has 4 rings (SSSR count). The number of rotatable bonds is 3. The number of nitrogens with one attached hydrogen (secondary N) is 2. The van der Waals surface area contributed by atoms with E-state index in [2.05, 4.69) is 16.7 Å². The molecule has 128 valence electrons. The smallest absolute Gasteiger partial charge is 0.268 e. The van der Waals surface area contributed by atoms with Crippen LogP contribution in [0.1, 0.15) is 21.6 Å². The average molecular weight is 344 g/mol. The molecule has 0 bridgehead atoms. The van der Waals surface area contributed by atoms with E-state index in [1.165, 1.54) is 0 Å². The quantitative estimate of drug-likeness (QED) is 0.761. The van der Waals surface area contributed by atoms with E-state index >= 15 is 0 Å². The summed E-state index contributed by atoms with van der Waals surface area (Å²) in [5.41, 5.74) is 2.99. The molecule has 0 spiro atoms. The highest BCUT2D eigenvalue weighted by molar-refractivity contribution is 6.02. The van der Waals surface area contributed by atoms with Crippen molar-refractivity contribution in [3.63, 3.8) is 0 Å². The summed E-state index contributed by atoms with van der Waals surface area (Å²) in [6.07, 6.45) is 0. The van der Waals surface area contributed by atoms with Crippen molar-refractivity contribution in [1.82, 2.24) is 15.2 Å². The summed E-state index contributed by atoms with van der Waals surface area (Å²) < 4.78 is 1.89. The Morgan fingerprint density at radius 3 is 2.77 bits per heavy atom. The highest BCUT2D eigenvalue weighted by Gasteiger charge is 2.30. The van der Waals surface area contributed by atoms with Crippen LogP contribution < -0.4 is 10.6 Å². The third-order valence-corrected chi connectivity index (χ3v) is 4.58. The van der Waals surface area contributed by atoms with Gasteiger partial charge in [0, 0.05) is 17.4 Å². The van der Waals surface area contributed by atoms with Gasteiger partial charge >= 0.3 is 0 Å². The lowest BCUT2D eigenvalue weighted by atomic mass is 10.1. The topological polar surface area (TPSA) is 86.9 Å². The Balaban J connectivity index is 1.49. The van der Waals surface area contributed by atoms with Crippen LogP contribution in [0.4, 0.5) is 0 Å². The lowest BCUT2D eigenvalue weighted by Crippen LogP contribution is -2.52. The largest absolute Gasteiger partial charge is 0.350 e. The standard InChI is InChI=1S/C20H16N4O2/c21-10-13-5-7-14(8-6-13)11-22-19(25)16-12-24-17-4-2-1-3-15(17)9-18(24)20(26)23-16/h1-9,16H,11-12H2,(H,22,25)(H,23,26)/t16-/m0/s1. The fraction of sp³-hybridized carbons (Fsp3) is 0.150. The highest BCUT2D eigenvalue weighted by Crippen LogP contribution is 2.22. The molecular weight excluding hydrogens is 328 g/mol. The van der Waals surface area contributed by atoms with Crippen LogP contribution in [0.15, 0.2) is 54.6 Å². The second kappa shape index (κ2) is 6.37. The summed E-state index contributed by atoms with van der Waals surface area (Å²) in [5, 5.41) is 15.4. The van der Waals surface area contributed by atoms with Gasteiger partial charge in [0.1, 0.15) is 11.7 Å². The average Bonchev–Trinajstić information content (AvgIpc) is 3.06. The molecule has 6 nitrogen and oxygen atoms in total. The molecular formula is C20H16N4O2. The van der Waals surface area contributed by atoms with Gasteiger partial charge < -0.3 is 15.2 Å². The van der Waals surface area contributed by atoms with Crippen LogP contribution >= 0.6 is 0 Å². The monoisotopic (exact) mass is 344 g/mol. The van der Waals surface area contributed by atoms with Crippen LogP contribution in [-0.2, 0) is 17.9 Å². The summed E-state index contributed by atoms with van der Waals surface area (Å²) in [7, 11) is 0. The number of carbonyl (C=O) groups excluding carboxylic acids is 2. The summed E-state index contributed by atoms with van der Waals surface area (Å²) in [6.45, 7) is 0.740. The number of benzene rings is 2. The minimum atomic E-state index is -0.621. The zero-order chi connectivity index (χ0) is 18.1. The maximum absolute atomic E-state index is 12.5. The van der Waals surface area contributed by atoms with Gasteiger partial charge in [0.05, 0.1) is 18.2 Å². The van der Waals surface area contributed by atoms with Crippen molar-refractivity contribution in [3.8, 4) is 6.07 Å².